The summed E-state index contributed by atoms with van der Waals surface area (Å²) in [5.74, 6) is 0. The molecule has 3 nitrogen and oxygen atoms in total. The molecule has 1 N–H and O–H groups in total. The molecule has 0 radical (unpaired) electrons. The molecule has 2 aromatic rings. The maximum absolute atomic E-state index is 4.19. The van der Waals surface area contributed by atoms with Crippen molar-refractivity contribution in [3.8, 4) is 0 Å². The van der Waals surface area contributed by atoms with Gasteiger partial charge < -0.3 is 5.32 Å². The van der Waals surface area contributed by atoms with Gasteiger partial charge in [-0.3, -0.25) is 0 Å². The summed E-state index contributed by atoms with van der Waals surface area (Å²) >= 11 is 3.34. The Hall–Kier alpha value is -0.910. The fourth-order valence-electron chi connectivity index (χ4n) is 1.72. The second-order valence-corrected chi connectivity index (χ2v) is 8.37. The number of benzene rings is 1. The molecule has 1 heterocycles. The van der Waals surface area contributed by atoms with Crippen molar-refractivity contribution >= 4 is 23.1 Å². The zero-order valence-electron chi connectivity index (χ0n) is 12.7. The van der Waals surface area contributed by atoms with E-state index in [0.717, 1.165) is 15.9 Å². The number of hydrogen-bond acceptors (Lipinski definition) is 5. The van der Waals surface area contributed by atoms with Crippen LogP contribution in [0.2, 0.25) is 0 Å². The maximum Gasteiger partial charge on any atom is 0.179 e. The van der Waals surface area contributed by atoms with Crippen LogP contribution in [0.3, 0.4) is 0 Å². The van der Waals surface area contributed by atoms with E-state index in [1.54, 1.807) is 23.1 Å². The van der Waals surface area contributed by atoms with Gasteiger partial charge in [0, 0.05) is 17.0 Å². The van der Waals surface area contributed by atoms with Crippen molar-refractivity contribution in [2.45, 2.75) is 55.9 Å². The molecular weight excluding hydrogens is 286 g/mol. The number of nitrogens with zero attached hydrogens (tertiary/aromatic N) is 2. The number of rotatable bonds is 4. The second kappa shape index (κ2) is 6.24. The summed E-state index contributed by atoms with van der Waals surface area (Å²) in [6.45, 7) is 11.5. The quantitative estimate of drug-likeness (QED) is 0.919. The predicted octanol–water partition coefficient (Wildman–Crippen LogP) is 4.19. The maximum atomic E-state index is 4.19. The monoisotopic (exact) mass is 307 g/mol. The molecule has 108 valence electrons. The van der Waals surface area contributed by atoms with Crippen LogP contribution in [0, 0.1) is 13.8 Å². The van der Waals surface area contributed by atoms with Crippen molar-refractivity contribution in [2.75, 3.05) is 0 Å². The smallest absolute Gasteiger partial charge is 0.179 e. The van der Waals surface area contributed by atoms with Crippen molar-refractivity contribution in [3.63, 3.8) is 0 Å². The first kappa shape index (κ1) is 15.5. The third-order valence-electron chi connectivity index (χ3n) is 2.73. The van der Waals surface area contributed by atoms with Gasteiger partial charge in [0.15, 0.2) is 4.34 Å². The molecule has 2 rings (SSSR count). The first-order valence-corrected chi connectivity index (χ1v) is 8.29. The predicted molar refractivity (Wildman–Crippen MR) is 86.5 cm³/mol. The van der Waals surface area contributed by atoms with Gasteiger partial charge in [0.25, 0.3) is 0 Å². The molecular formula is C15H21N3S2. The normalized spacial score (nSPS) is 11.8. The molecule has 0 atom stereocenters. The highest BCUT2D eigenvalue weighted by Gasteiger charge is 2.12. The number of hydrogen-bond donors (Lipinski definition) is 1. The van der Waals surface area contributed by atoms with Gasteiger partial charge >= 0.3 is 0 Å². The largest absolute Gasteiger partial charge is 0.308 e. The van der Waals surface area contributed by atoms with Crippen LogP contribution in [0.1, 0.15) is 36.9 Å². The van der Waals surface area contributed by atoms with Crippen LogP contribution in [0.15, 0.2) is 27.4 Å². The molecule has 0 unspecified atom stereocenters. The van der Waals surface area contributed by atoms with E-state index in [-0.39, 0.29) is 5.54 Å². The van der Waals surface area contributed by atoms with Crippen molar-refractivity contribution < 1.29 is 0 Å². The summed E-state index contributed by atoms with van der Waals surface area (Å²) in [7, 11) is 0. The van der Waals surface area contributed by atoms with Crippen LogP contribution in [0.25, 0.3) is 0 Å². The molecule has 0 bridgehead atoms. The van der Waals surface area contributed by atoms with E-state index < -0.39 is 0 Å². The highest BCUT2D eigenvalue weighted by Crippen LogP contribution is 2.33. The van der Waals surface area contributed by atoms with Gasteiger partial charge in [-0.15, -0.1) is 10.2 Å². The van der Waals surface area contributed by atoms with Gasteiger partial charge in [-0.25, -0.2) is 0 Å². The highest BCUT2D eigenvalue weighted by molar-refractivity contribution is 8.01. The fourth-order valence-corrected chi connectivity index (χ4v) is 3.60. The van der Waals surface area contributed by atoms with E-state index >= 15 is 0 Å². The first-order chi connectivity index (χ1) is 9.33. The van der Waals surface area contributed by atoms with Crippen LogP contribution < -0.4 is 5.32 Å². The van der Waals surface area contributed by atoms with E-state index in [1.807, 2.05) is 6.92 Å². The molecule has 0 aliphatic rings. The van der Waals surface area contributed by atoms with Gasteiger partial charge in [-0.2, -0.15) is 0 Å². The number of aryl methyl sites for hydroxylation is 2. The Labute approximate surface area is 129 Å². The summed E-state index contributed by atoms with van der Waals surface area (Å²) in [6.07, 6.45) is 0. The van der Waals surface area contributed by atoms with Crippen LogP contribution in [-0.4, -0.2) is 15.7 Å². The lowest BCUT2D eigenvalue weighted by Gasteiger charge is -2.21. The van der Waals surface area contributed by atoms with Gasteiger partial charge in [0.2, 0.25) is 0 Å². The Bertz CT molecular complexity index is 585. The lowest BCUT2D eigenvalue weighted by atomic mass is 10.1. The van der Waals surface area contributed by atoms with E-state index in [2.05, 4.69) is 61.4 Å². The molecule has 1 aromatic heterocycles. The molecule has 1 aromatic carbocycles. The second-order valence-electron chi connectivity index (χ2n) is 5.90. The fraction of sp³-hybridized carbons (Fsp3) is 0.467. The molecule has 0 saturated heterocycles. The van der Waals surface area contributed by atoms with Crippen molar-refractivity contribution in [1.29, 1.82) is 0 Å². The third kappa shape index (κ3) is 4.58. The van der Waals surface area contributed by atoms with E-state index in [4.69, 9.17) is 0 Å². The topological polar surface area (TPSA) is 37.8 Å². The molecule has 0 aliphatic carbocycles. The van der Waals surface area contributed by atoms with Crippen molar-refractivity contribution in [3.05, 3.63) is 34.3 Å². The average molecular weight is 307 g/mol. The van der Waals surface area contributed by atoms with Gasteiger partial charge in [-0.05, 0) is 46.2 Å². The minimum absolute atomic E-state index is 0.116. The molecule has 20 heavy (non-hydrogen) atoms. The summed E-state index contributed by atoms with van der Waals surface area (Å²) < 4.78 is 1.00. The van der Waals surface area contributed by atoms with Crippen molar-refractivity contribution in [2.24, 2.45) is 0 Å². The van der Waals surface area contributed by atoms with E-state index in [1.165, 1.54) is 16.0 Å². The SMILES string of the molecule is Cc1ccc(Sc2nnc(C)s2)c(CNC(C)(C)C)c1. The molecule has 0 saturated carbocycles. The zero-order valence-corrected chi connectivity index (χ0v) is 14.3. The Kier molecular flexibility index (Phi) is 4.83. The lowest BCUT2D eigenvalue weighted by molar-refractivity contribution is 0.422. The minimum atomic E-state index is 0.116. The Morgan fingerprint density at radius 2 is 1.95 bits per heavy atom. The molecule has 0 aliphatic heterocycles. The Morgan fingerprint density at radius 3 is 2.55 bits per heavy atom. The first-order valence-electron chi connectivity index (χ1n) is 6.66. The minimum Gasteiger partial charge on any atom is -0.308 e. The summed E-state index contributed by atoms with van der Waals surface area (Å²) in [4.78, 5) is 1.25. The van der Waals surface area contributed by atoms with Crippen LogP contribution in [-0.2, 0) is 6.54 Å². The Morgan fingerprint density at radius 1 is 1.20 bits per heavy atom. The summed E-state index contributed by atoms with van der Waals surface area (Å²) in [5, 5.41) is 12.8. The summed E-state index contributed by atoms with van der Waals surface area (Å²) in [6, 6.07) is 6.57. The molecule has 5 heteroatoms. The van der Waals surface area contributed by atoms with E-state index in [9.17, 15) is 0 Å². The average Bonchev–Trinajstić information content (AvgIpc) is 2.74. The third-order valence-corrected chi connectivity index (χ3v) is 4.74. The van der Waals surface area contributed by atoms with Crippen molar-refractivity contribution in [1.82, 2.24) is 15.5 Å². The van der Waals surface area contributed by atoms with Crippen LogP contribution in [0.4, 0.5) is 0 Å². The molecule has 0 amide bonds. The number of nitrogens with one attached hydrogen (secondary N) is 1. The van der Waals surface area contributed by atoms with Crippen LogP contribution >= 0.6 is 23.1 Å². The molecule has 0 spiro atoms. The van der Waals surface area contributed by atoms with Gasteiger partial charge in [-0.1, -0.05) is 40.8 Å². The summed E-state index contributed by atoms with van der Waals surface area (Å²) in [5.41, 5.74) is 2.72. The van der Waals surface area contributed by atoms with Gasteiger partial charge in [0.05, 0.1) is 0 Å². The lowest BCUT2D eigenvalue weighted by Crippen LogP contribution is -2.35. The molecule has 0 fully saturated rings. The van der Waals surface area contributed by atoms with Crippen LogP contribution in [0.5, 0.6) is 0 Å². The Balaban J connectivity index is 2.19. The zero-order chi connectivity index (χ0) is 14.8. The van der Waals surface area contributed by atoms with E-state index in [0.29, 0.717) is 0 Å². The highest BCUT2D eigenvalue weighted by atomic mass is 32.2. The number of aromatic nitrogens is 2. The standard InChI is InChI=1S/C15H21N3S2/c1-10-6-7-13(20-14-18-17-11(2)19-14)12(8-10)9-16-15(3,4)5/h6-8,16H,9H2,1-5H3. The van der Waals surface area contributed by atoms with Gasteiger partial charge in [0.1, 0.15) is 5.01 Å².